The van der Waals surface area contributed by atoms with Crippen molar-refractivity contribution < 1.29 is 14.3 Å². The van der Waals surface area contributed by atoms with Gasteiger partial charge in [-0.1, -0.05) is 27.7 Å². The first-order chi connectivity index (χ1) is 9.29. The molecule has 0 saturated carbocycles. The molecule has 1 aromatic rings. The molecule has 1 N–H and O–H groups in total. The highest BCUT2D eigenvalue weighted by molar-refractivity contribution is 5.87. The van der Waals surface area contributed by atoms with E-state index in [1.165, 1.54) is 18.2 Å². The molecule has 1 rings (SSSR count). The summed E-state index contributed by atoms with van der Waals surface area (Å²) in [5.41, 5.74) is 0.585. The number of hydrogen-bond donors (Lipinski definition) is 1. The van der Waals surface area contributed by atoms with Gasteiger partial charge in [0.2, 0.25) is 0 Å². The summed E-state index contributed by atoms with van der Waals surface area (Å²) < 4.78 is 13.8. The van der Waals surface area contributed by atoms with E-state index >= 15 is 0 Å². The molecule has 0 atom stereocenters. The molecular formula is C16H24FNO2. The van der Waals surface area contributed by atoms with Gasteiger partial charge >= 0.3 is 5.97 Å². The molecule has 0 spiro atoms. The molecule has 0 aromatic heterocycles. The Morgan fingerprint density at radius 3 is 2.20 bits per heavy atom. The van der Waals surface area contributed by atoms with Crippen molar-refractivity contribution in [3.05, 3.63) is 35.1 Å². The highest BCUT2D eigenvalue weighted by Crippen LogP contribution is 2.15. The fraction of sp³-hybridized carbons (Fsp3) is 0.562. The van der Waals surface area contributed by atoms with Gasteiger partial charge in [0, 0.05) is 25.2 Å². The first-order valence-corrected chi connectivity index (χ1v) is 7.03. The van der Waals surface area contributed by atoms with Crippen molar-refractivity contribution in [1.82, 2.24) is 4.90 Å². The Morgan fingerprint density at radius 2 is 1.75 bits per heavy atom. The van der Waals surface area contributed by atoms with E-state index in [4.69, 9.17) is 5.11 Å². The summed E-state index contributed by atoms with van der Waals surface area (Å²) in [6.45, 7) is 10.7. The van der Waals surface area contributed by atoms with E-state index < -0.39 is 5.97 Å². The standard InChI is InChI=1S/C16H24FNO2/c1-11(2)8-18(9-12(3)4)10-14-7-13(16(19)20)5-6-15(14)17/h5-7,11-12H,8-10H2,1-4H3,(H,19,20). The maximum Gasteiger partial charge on any atom is 0.335 e. The molecule has 0 amide bonds. The van der Waals surface area contributed by atoms with Gasteiger partial charge in [0.1, 0.15) is 5.82 Å². The van der Waals surface area contributed by atoms with Crippen LogP contribution in [0.4, 0.5) is 4.39 Å². The van der Waals surface area contributed by atoms with Crippen LogP contribution in [-0.2, 0) is 6.54 Å². The largest absolute Gasteiger partial charge is 0.478 e. The summed E-state index contributed by atoms with van der Waals surface area (Å²) in [4.78, 5) is 13.1. The molecule has 1 aromatic carbocycles. The Morgan fingerprint density at radius 1 is 1.20 bits per heavy atom. The van der Waals surface area contributed by atoms with Crippen molar-refractivity contribution >= 4 is 5.97 Å². The van der Waals surface area contributed by atoms with Gasteiger partial charge in [-0.05, 0) is 30.0 Å². The van der Waals surface area contributed by atoms with Gasteiger partial charge in [0.05, 0.1) is 5.56 Å². The van der Waals surface area contributed by atoms with Gasteiger partial charge in [-0.3, -0.25) is 4.90 Å². The van der Waals surface area contributed by atoms with E-state index in [1.807, 2.05) is 0 Å². The summed E-state index contributed by atoms with van der Waals surface area (Å²) in [5.74, 6) is -0.392. The predicted molar refractivity (Wildman–Crippen MR) is 78.3 cm³/mol. The average molecular weight is 281 g/mol. The molecule has 0 saturated heterocycles. The van der Waals surface area contributed by atoms with Crippen molar-refractivity contribution in [3.63, 3.8) is 0 Å². The van der Waals surface area contributed by atoms with Crippen LogP contribution in [0.1, 0.15) is 43.6 Å². The number of aromatic carboxylic acids is 1. The van der Waals surface area contributed by atoms with Crippen molar-refractivity contribution in [2.75, 3.05) is 13.1 Å². The highest BCUT2D eigenvalue weighted by atomic mass is 19.1. The maximum atomic E-state index is 13.8. The van der Waals surface area contributed by atoms with Crippen LogP contribution >= 0.6 is 0 Å². The van der Waals surface area contributed by atoms with Crippen LogP contribution in [0.3, 0.4) is 0 Å². The van der Waals surface area contributed by atoms with Crippen LogP contribution in [0.2, 0.25) is 0 Å². The fourth-order valence-electron chi connectivity index (χ4n) is 2.31. The van der Waals surface area contributed by atoms with Crippen LogP contribution in [0.15, 0.2) is 18.2 Å². The normalized spacial score (nSPS) is 11.6. The van der Waals surface area contributed by atoms with Gasteiger partial charge in [-0.25, -0.2) is 9.18 Å². The third-order valence-electron chi connectivity index (χ3n) is 2.93. The van der Waals surface area contributed by atoms with Crippen LogP contribution < -0.4 is 0 Å². The number of hydrogen-bond acceptors (Lipinski definition) is 2. The Bertz CT molecular complexity index is 448. The lowest BCUT2D eigenvalue weighted by molar-refractivity contribution is 0.0696. The molecule has 3 nitrogen and oxygen atoms in total. The topological polar surface area (TPSA) is 40.5 Å². The first-order valence-electron chi connectivity index (χ1n) is 7.03. The minimum absolute atomic E-state index is 0.135. The molecule has 0 radical (unpaired) electrons. The smallest absolute Gasteiger partial charge is 0.335 e. The number of carboxylic acid groups (broad SMARTS) is 1. The maximum absolute atomic E-state index is 13.8. The third-order valence-corrected chi connectivity index (χ3v) is 2.93. The molecule has 0 aliphatic carbocycles. The van der Waals surface area contributed by atoms with Crippen molar-refractivity contribution in [3.8, 4) is 0 Å². The SMILES string of the molecule is CC(C)CN(Cc1cc(C(=O)O)ccc1F)CC(C)C. The van der Waals surface area contributed by atoms with Gasteiger partial charge in [-0.15, -0.1) is 0 Å². The minimum Gasteiger partial charge on any atom is -0.478 e. The zero-order chi connectivity index (χ0) is 15.3. The Labute approximate surface area is 120 Å². The van der Waals surface area contributed by atoms with E-state index in [9.17, 15) is 9.18 Å². The van der Waals surface area contributed by atoms with Crippen molar-refractivity contribution in [1.29, 1.82) is 0 Å². The van der Waals surface area contributed by atoms with Crippen molar-refractivity contribution in [2.24, 2.45) is 11.8 Å². The average Bonchev–Trinajstić information content (AvgIpc) is 2.29. The second-order valence-corrected chi connectivity index (χ2v) is 6.09. The van der Waals surface area contributed by atoms with Gasteiger partial charge in [-0.2, -0.15) is 0 Å². The molecule has 0 fully saturated rings. The van der Waals surface area contributed by atoms with E-state index in [2.05, 4.69) is 32.6 Å². The Balaban J connectivity index is 2.91. The first kappa shape index (κ1) is 16.6. The second-order valence-electron chi connectivity index (χ2n) is 6.09. The summed E-state index contributed by atoms with van der Waals surface area (Å²) in [6, 6.07) is 3.98. The molecule has 0 aliphatic heterocycles. The molecule has 4 heteroatoms. The van der Waals surface area contributed by atoms with E-state index in [0.717, 1.165) is 13.1 Å². The quantitative estimate of drug-likeness (QED) is 0.829. The summed E-state index contributed by atoms with van der Waals surface area (Å²) >= 11 is 0. The number of carboxylic acids is 1. The minimum atomic E-state index is -1.02. The predicted octanol–water partition coefficient (Wildman–Crippen LogP) is 3.64. The third kappa shape index (κ3) is 5.29. The van der Waals surface area contributed by atoms with Crippen molar-refractivity contribution in [2.45, 2.75) is 34.2 Å². The zero-order valence-electron chi connectivity index (χ0n) is 12.7. The van der Waals surface area contributed by atoms with Gasteiger partial charge < -0.3 is 5.11 Å². The van der Waals surface area contributed by atoms with Gasteiger partial charge in [0.25, 0.3) is 0 Å². The molecule has 0 bridgehead atoms. The molecule has 0 unspecified atom stereocenters. The summed E-state index contributed by atoms with van der Waals surface area (Å²) in [5, 5.41) is 8.99. The number of benzene rings is 1. The van der Waals surface area contributed by atoms with Crippen LogP contribution in [0.25, 0.3) is 0 Å². The molecule has 20 heavy (non-hydrogen) atoms. The Hall–Kier alpha value is -1.42. The number of carbonyl (C=O) groups is 1. The Kier molecular flexibility index (Phi) is 6.14. The number of rotatable bonds is 7. The summed E-state index contributed by atoms with van der Waals surface area (Å²) in [7, 11) is 0. The van der Waals surface area contributed by atoms with E-state index in [1.54, 1.807) is 0 Å². The van der Waals surface area contributed by atoms with E-state index in [0.29, 0.717) is 23.9 Å². The van der Waals surface area contributed by atoms with Crippen LogP contribution in [-0.4, -0.2) is 29.1 Å². The molecular weight excluding hydrogens is 257 g/mol. The monoisotopic (exact) mass is 281 g/mol. The molecule has 0 aliphatic rings. The summed E-state index contributed by atoms with van der Waals surface area (Å²) in [6.07, 6.45) is 0. The highest BCUT2D eigenvalue weighted by Gasteiger charge is 2.14. The lowest BCUT2D eigenvalue weighted by Crippen LogP contribution is -2.31. The molecule has 112 valence electrons. The number of halogens is 1. The molecule has 0 heterocycles. The number of nitrogens with zero attached hydrogens (tertiary/aromatic N) is 1. The van der Waals surface area contributed by atoms with Gasteiger partial charge in [0.15, 0.2) is 0 Å². The van der Waals surface area contributed by atoms with E-state index in [-0.39, 0.29) is 11.4 Å². The second kappa shape index (κ2) is 7.39. The lowest BCUT2D eigenvalue weighted by atomic mass is 10.1. The van der Waals surface area contributed by atoms with Crippen LogP contribution in [0.5, 0.6) is 0 Å². The van der Waals surface area contributed by atoms with Crippen LogP contribution in [0, 0.1) is 17.7 Å². The zero-order valence-corrected chi connectivity index (χ0v) is 12.7. The lowest BCUT2D eigenvalue weighted by Gasteiger charge is -2.26. The fourth-order valence-corrected chi connectivity index (χ4v) is 2.31.